The van der Waals surface area contributed by atoms with Gasteiger partial charge in [0.25, 0.3) is 0 Å². The molecule has 106 valence electrons. The van der Waals surface area contributed by atoms with Crippen LogP contribution in [0.15, 0.2) is 18.6 Å². The molecule has 0 aliphatic rings. The van der Waals surface area contributed by atoms with Gasteiger partial charge in [0, 0.05) is 17.9 Å². The average Bonchev–Trinajstić information content (AvgIpc) is 2.68. The van der Waals surface area contributed by atoms with Crippen molar-refractivity contribution in [3.8, 4) is 0 Å². The molecule has 7 heteroatoms. The molecule has 2 aromatic rings. The SMILES string of the molecule is Cc1cc(C)n(C[C@H](C)Nc2ncncc2C(=O)O)n1. The van der Waals surface area contributed by atoms with E-state index in [1.165, 1.54) is 12.5 Å². The van der Waals surface area contributed by atoms with Crippen molar-refractivity contribution in [3.63, 3.8) is 0 Å². The van der Waals surface area contributed by atoms with Crippen molar-refractivity contribution in [2.75, 3.05) is 5.32 Å². The average molecular weight is 275 g/mol. The molecule has 2 aromatic heterocycles. The largest absolute Gasteiger partial charge is 0.477 e. The van der Waals surface area contributed by atoms with Crippen molar-refractivity contribution in [2.45, 2.75) is 33.4 Å². The maximum absolute atomic E-state index is 11.1. The first-order chi connectivity index (χ1) is 9.47. The molecule has 0 radical (unpaired) electrons. The van der Waals surface area contributed by atoms with Crippen molar-refractivity contribution < 1.29 is 9.90 Å². The maximum atomic E-state index is 11.1. The van der Waals surface area contributed by atoms with Crippen molar-refractivity contribution >= 4 is 11.8 Å². The van der Waals surface area contributed by atoms with Gasteiger partial charge in [-0.3, -0.25) is 4.68 Å². The molecule has 2 N–H and O–H groups in total. The van der Waals surface area contributed by atoms with Gasteiger partial charge < -0.3 is 10.4 Å². The summed E-state index contributed by atoms with van der Waals surface area (Å²) in [5.41, 5.74) is 2.09. The molecule has 0 saturated carbocycles. The quantitative estimate of drug-likeness (QED) is 0.858. The predicted octanol–water partition coefficient (Wildman–Crippen LogP) is 1.49. The van der Waals surface area contributed by atoms with Gasteiger partial charge in [-0.15, -0.1) is 0 Å². The second-order valence-electron chi connectivity index (χ2n) is 4.74. The lowest BCUT2D eigenvalue weighted by molar-refractivity contribution is 0.0697. The Bertz CT molecular complexity index is 623. The molecule has 0 fully saturated rings. The third kappa shape index (κ3) is 3.11. The van der Waals surface area contributed by atoms with Gasteiger partial charge in [0.05, 0.1) is 12.2 Å². The number of hydrogen-bond donors (Lipinski definition) is 2. The Balaban J connectivity index is 2.10. The van der Waals surface area contributed by atoms with Crippen LogP contribution < -0.4 is 5.32 Å². The number of carboxylic acids is 1. The van der Waals surface area contributed by atoms with Crippen LogP contribution in [0.3, 0.4) is 0 Å². The Morgan fingerprint density at radius 3 is 2.85 bits per heavy atom. The third-order valence-corrected chi connectivity index (χ3v) is 2.88. The molecule has 1 atom stereocenters. The van der Waals surface area contributed by atoms with Crippen LogP contribution in [-0.2, 0) is 6.54 Å². The minimum Gasteiger partial charge on any atom is -0.477 e. The summed E-state index contributed by atoms with van der Waals surface area (Å²) >= 11 is 0. The van der Waals surface area contributed by atoms with Crippen LogP contribution in [0.5, 0.6) is 0 Å². The van der Waals surface area contributed by atoms with Gasteiger partial charge in [0.15, 0.2) is 0 Å². The minimum absolute atomic E-state index is 0.0130. The van der Waals surface area contributed by atoms with Crippen LogP contribution in [0.4, 0.5) is 5.82 Å². The fourth-order valence-corrected chi connectivity index (χ4v) is 2.00. The second kappa shape index (κ2) is 5.68. The number of nitrogens with zero attached hydrogens (tertiary/aromatic N) is 4. The fourth-order valence-electron chi connectivity index (χ4n) is 2.00. The Morgan fingerprint density at radius 2 is 2.25 bits per heavy atom. The van der Waals surface area contributed by atoms with E-state index in [1.807, 2.05) is 31.5 Å². The summed E-state index contributed by atoms with van der Waals surface area (Å²) in [5.74, 6) is -0.729. The van der Waals surface area contributed by atoms with Crippen molar-refractivity contribution in [3.05, 3.63) is 35.5 Å². The van der Waals surface area contributed by atoms with Gasteiger partial charge >= 0.3 is 5.97 Å². The summed E-state index contributed by atoms with van der Waals surface area (Å²) in [4.78, 5) is 18.8. The highest BCUT2D eigenvalue weighted by atomic mass is 16.4. The first kappa shape index (κ1) is 14.0. The van der Waals surface area contributed by atoms with E-state index in [0.29, 0.717) is 12.4 Å². The molecule has 0 aromatic carbocycles. The van der Waals surface area contributed by atoms with Crippen LogP contribution in [-0.4, -0.2) is 36.9 Å². The number of nitrogens with one attached hydrogen (secondary N) is 1. The summed E-state index contributed by atoms with van der Waals surface area (Å²) in [5, 5.41) is 16.5. The lowest BCUT2D eigenvalue weighted by Gasteiger charge is -2.16. The molecular formula is C13H17N5O2. The summed E-state index contributed by atoms with van der Waals surface area (Å²) in [7, 11) is 0. The van der Waals surface area contributed by atoms with E-state index < -0.39 is 5.97 Å². The Hall–Kier alpha value is -2.44. The van der Waals surface area contributed by atoms with E-state index in [-0.39, 0.29) is 11.6 Å². The number of aromatic carboxylic acids is 1. The van der Waals surface area contributed by atoms with E-state index in [2.05, 4.69) is 20.4 Å². The summed E-state index contributed by atoms with van der Waals surface area (Å²) in [6.45, 7) is 6.50. The lowest BCUT2D eigenvalue weighted by Crippen LogP contribution is -2.25. The number of carbonyl (C=O) groups is 1. The summed E-state index contributed by atoms with van der Waals surface area (Å²) in [6, 6.07) is 1.99. The van der Waals surface area contributed by atoms with Gasteiger partial charge in [-0.1, -0.05) is 0 Å². The summed E-state index contributed by atoms with van der Waals surface area (Å²) in [6.07, 6.45) is 2.61. The van der Waals surface area contributed by atoms with E-state index in [0.717, 1.165) is 11.4 Å². The molecular weight excluding hydrogens is 258 g/mol. The highest BCUT2D eigenvalue weighted by Gasteiger charge is 2.14. The van der Waals surface area contributed by atoms with Gasteiger partial charge in [-0.25, -0.2) is 14.8 Å². The molecule has 0 saturated heterocycles. The zero-order chi connectivity index (χ0) is 14.7. The van der Waals surface area contributed by atoms with Crippen LogP contribution in [0.2, 0.25) is 0 Å². The highest BCUT2D eigenvalue weighted by Crippen LogP contribution is 2.12. The van der Waals surface area contributed by atoms with Crippen LogP contribution in [0, 0.1) is 13.8 Å². The number of carboxylic acid groups (broad SMARTS) is 1. The molecule has 0 aliphatic carbocycles. The lowest BCUT2D eigenvalue weighted by atomic mass is 10.2. The number of hydrogen-bond acceptors (Lipinski definition) is 5. The molecule has 0 bridgehead atoms. The van der Waals surface area contributed by atoms with E-state index in [4.69, 9.17) is 5.11 Å². The Kier molecular flexibility index (Phi) is 3.97. The number of anilines is 1. The van der Waals surface area contributed by atoms with E-state index in [1.54, 1.807) is 0 Å². The molecule has 2 rings (SSSR count). The first-order valence-electron chi connectivity index (χ1n) is 6.28. The van der Waals surface area contributed by atoms with Gasteiger partial charge in [0.1, 0.15) is 17.7 Å². The fraction of sp³-hybridized carbons (Fsp3) is 0.385. The van der Waals surface area contributed by atoms with Crippen molar-refractivity contribution in [1.82, 2.24) is 19.7 Å². The normalized spacial score (nSPS) is 12.2. The monoisotopic (exact) mass is 275 g/mol. The standard InChI is InChI=1S/C13H17N5O2/c1-8-4-10(3)18(17-8)6-9(2)16-12-11(13(19)20)5-14-7-15-12/h4-5,7,9H,6H2,1-3H3,(H,19,20)(H,14,15,16)/t9-/m0/s1. The smallest absolute Gasteiger partial charge is 0.341 e. The minimum atomic E-state index is -1.05. The van der Waals surface area contributed by atoms with Gasteiger partial charge in [0.2, 0.25) is 0 Å². The molecule has 20 heavy (non-hydrogen) atoms. The predicted molar refractivity (Wildman–Crippen MR) is 73.8 cm³/mol. The summed E-state index contributed by atoms with van der Waals surface area (Å²) < 4.78 is 1.88. The number of rotatable bonds is 5. The van der Waals surface area contributed by atoms with E-state index in [9.17, 15) is 4.79 Å². The van der Waals surface area contributed by atoms with Gasteiger partial charge in [-0.05, 0) is 26.8 Å². The van der Waals surface area contributed by atoms with Gasteiger partial charge in [-0.2, -0.15) is 5.10 Å². The molecule has 2 heterocycles. The van der Waals surface area contributed by atoms with Crippen molar-refractivity contribution in [1.29, 1.82) is 0 Å². The number of aromatic nitrogens is 4. The molecule has 0 aliphatic heterocycles. The number of aryl methyl sites for hydroxylation is 2. The first-order valence-corrected chi connectivity index (χ1v) is 6.28. The molecule has 7 nitrogen and oxygen atoms in total. The topological polar surface area (TPSA) is 92.9 Å². The zero-order valence-electron chi connectivity index (χ0n) is 11.7. The molecule has 0 spiro atoms. The zero-order valence-corrected chi connectivity index (χ0v) is 11.7. The Labute approximate surface area is 116 Å². The van der Waals surface area contributed by atoms with Crippen LogP contribution in [0.1, 0.15) is 28.7 Å². The van der Waals surface area contributed by atoms with Crippen LogP contribution >= 0.6 is 0 Å². The Morgan fingerprint density at radius 1 is 1.50 bits per heavy atom. The molecule has 0 unspecified atom stereocenters. The maximum Gasteiger partial charge on any atom is 0.341 e. The third-order valence-electron chi connectivity index (χ3n) is 2.88. The highest BCUT2D eigenvalue weighted by molar-refractivity contribution is 5.92. The van der Waals surface area contributed by atoms with Crippen LogP contribution in [0.25, 0.3) is 0 Å². The molecule has 0 amide bonds. The second-order valence-corrected chi connectivity index (χ2v) is 4.74. The van der Waals surface area contributed by atoms with Crippen molar-refractivity contribution in [2.24, 2.45) is 0 Å². The van der Waals surface area contributed by atoms with E-state index >= 15 is 0 Å².